The number of methoxy groups -OCH3 is 1. The smallest absolute Gasteiger partial charge is 0.0630 e. The van der Waals surface area contributed by atoms with Crippen molar-refractivity contribution >= 4 is 0 Å². The maximum atomic E-state index is 5.43. The first-order valence-corrected chi connectivity index (χ1v) is 7.47. The van der Waals surface area contributed by atoms with E-state index in [9.17, 15) is 0 Å². The summed E-state index contributed by atoms with van der Waals surface area (Å²) in [7, 11) is 1.81. The number of hydrogen-bond donors (Lipinski definition) is 1. The van der Waals surface area contributed by atoms with Crippen LogP contribution < -0.4 is 5.32 Å². The summed E-state index contributed by atoms with van der Waals surface area (Å²) < 4.78 is 5.43. The Labute approximate surface area is 113 Å². The minimum Gasteiger partial charge on any atom is -0.383 e. The molecule has 2 unspecified atom stereocenters. The van der Waals surface area contributed by atoms with Gasteiger partial charge in [0.05, 0.1) is 6.61 Å². The van der Waals surface area contributed by atoms with Gasteiger partial charge in [-0.1, -0.05) is 13.3 Å². The van der Waals surface area contributed by atoms with Crippen molar-refractivity contribution in [1.29, 1.82) is 0 Å². The Morgan fingerprint density at radius 3 is 2.61 bits per heavy atom. The SMILES string of the molecule is CCC1CCCCN1C(CNC(C)(C)C)COC. The molecular formula is C15H32N2O. The van der Waals surface area contributed by atoms with Crippen LogP contribution in [0.4, 0.5) is 0 Å². The zero-order valence-corrected chi connectivity index (χ0v) is 13.0. The van der Waals surface area contributed by atoms with E-state index in [2.05, 4.69) is 37.9 Å². The van der Waals surface area contributed by atoms with Crippen LogP contribution in [0.2, 0.25) is 0 Å². The first-order valence-electron chi connectivity index (χ1n) is 7.47. The van der Waals surface area contributed by atoms with Crippen molar-refractivity contribution in [3.63, 3.8) is 0 Å². The van der Waals surface area contributed by atoms with Crippen LogP contribution in [-0.2, 0) is 4.74 Å². The van der Waals surface area contributed by atoms with Gasteiger partial charge in [0.1, 0.15) is 0 Å². The Kier molecular flexibility index (Phi) is 6.61. The number of likely N-dealkylation sites (tertiary alicyclic amines) is 1. The van der Waals surface area contributed by atoms with E-state index in [0.717, 1.165) is 19.2 Å². The molecule has 1 fully saturated rings. The van der Waals surface area contributed by atoms with Crippen molar-refractivity contribution in [2.24, 2.45) is 0 Å². The molecule has 1 heterocycles. The molecule has 2 atom stereocenters. The number of nitrogens with one attached hydrogen (secondary N) is 1. The maximum absolute atomic E-state index is 5.43. The predicted octanol–water partition coefficient (Wildman–Crippen LogP) is 2.65. The molecule has 108 valence electrons. The van der Waals surface area contributed by atoms with Gasteiger partial charge < -0.3 is 10.1 Å². The molecule has 0 saturated carbocycles. The third kappa shape index (κ3) is 5.25. The highest BCUT2D eigenvalue weighted by molar-refractivity contribution is 4.85. The van der Waals surface area contributed by atoms with Crippen LogP contribution in [0.1, 0.15) is 53.4 Å². The second-order valence-electron chi connectivity index (χ2n) is 6.54. The van der Waals surface area contributed by atoms with Gasteiger partial charge in [0.25, 0.3) is 0 Å². The van der Waals surface area contributed by atoms with E-state index in [0.29, 0.717) is 6.04 Å². The molecule has 1 aliphatic rings. The Balaban J connectivity index is 2.57. The summed E-state index contributed by atoms with van der Waals surface area (Å²) in [5, 5.41) is 3.63. The quantitative estimate of drug-likeness (QED) is 0.791. The minimum atomic E-state index is 0.184. The molecule has 0 aromatic heterocycles. The molecule has 0 aromatic carbocycles. The van der Waals surface area contributed by atoms with Crippen LogP contribution in [-0.4, -0.2) is 49.3 Å². The maximum Gasteiger partial charge on any atom is 0.0630 e. The molecule has 1 N–H and O–H groups in total. The van der Waals surface area contributed by atoms with E-state index < -0.39 is 0 Å². The Morgan fingerprint density at radius 1 is 1.33 bits per heavy atom. The van der Waals surface area contributed by atoms with Gasteiger partial charge in [-0.3, -0.25) is 4.90 Å². The molecule has 0 spiro atoms. The molecule has 1 saturated heterocycles. The lowest BCUT2D eigenvalue weighted by Crippen LogP contribution is -2.54. The van der Waals surface area contributed by atoms with Gasteiger partial charge in [-0.05, 0) is 46.6 Å². The summed E-state index contributed by atoms with van der Waals surface area (Å²) in [6.07, 6.45) is 5.34. The first-order chi connectivity index (χ1) is 8.48. The van der Waals surface area contributed by atoms with E-state index >= 15 is 0 Å². The fourth-order valence-corrected chi connectivity index (χ4v) is 2.83. The summed E-state index contributed by atoms with van der Waals surface area (Å²) in [6.45, 7) is 12.1. The molecule has 0 radical (unpaired) electrons. The molecule has 0 bridgehead atoms. The van der Waals surface area contributed by atoms with Crippen LogP contribution in [0.3, 0.4) is 0 Å². The van der Waals surface area contributed by atoms with Gasteiger partial charge in [-0.15, -0.1) is 0 Å². The number of ether oxygens (including phenoxy) is 1. The first kappa shape index (κ1) is 15.9. The van der Waals surface area contributed by atoms with Gasteiger partial charge in [-0.25, -0.2) is 0 Å². The molecular weight excluding hydrogens is 224 g/mol. The predicted molar refractivity (Wildman–Crippen MR) is 78.1 cm³/mol. The highest BCUT2D eigenvalue weighted by atomic mass is 16.5. The van der Waals surface area contributed by atoms with Crippen molar-refractivity contribution < 1.29 is 4.74 Å². The highest BCUT2D eigenvalue weighted by Gasteiger charge is 2.28. The average molecular weight is 256 g/mol. The number of piperidine rings is 1. The van der Waals surface area contributed by atoms with E-state index in [4.69, 9.17) is 4.74 Å². The third-order valence-corrected chi connectivity index (χ3v) is 3.84. The van der Waals surface area contributed by atoms with Crippen molar-refractivity contribution in [2.75, 3.05) is 26.8 Å². The largest absolute Gasteiger partial charge is 0.383 e. The van der Waals surface area contributed by atoms with Gasteiger partial charge in [0.2, 0.25) is 0 Å². The zero-order valence-electron chi connectivity index (χ0n) is 13.0. The lowest BCUT2D eigenvalue weighted by Gasteiger charge is -2.41. The summed E-state index contributed by atoms with van der Waals surface area (Å²) in [4.78, 5) is 2.67. The zero-order chi connectivity index (χ0) is 13.6. The van der Waals surface area contributed by atoms with Crippen molar-refractivity contribution in [3.8, 4) is 0 Å². The van der Waals surface area contributed by atoms with Crippen LogP contribution in [0, 0.1) is 0 Å². The van der Waals surface area contributed by atoms with E-state index in [1.54, 1.807) is 0 Å². The fourth-order valence-electron chi connectivity index (χ4n) is 2.83. The number of hydrogen-bond acceptors (Lipinski definition) is 3. The van der Waals surface area contributed by atoms with Gasteiger partial charge >= 0.3 is 0 Å². The summed E-state index contributed by atoms with van der Waals surface area (Å²) in [5.41, 5.74) is 0.184. The molecule has 3 nitrogen and oxygen atoms in total. The van der Waals surface area contributed by atoms with Gasteiger partial charge in [0, 0.05) is 31.3 Å². The lowest BCUT2D eigenvalue weighted by atomic mass is 9.97. The van der Waals surface area contributed by atoms with Crippen molar-refractivity contribution in [2.45, 2.75) is 71.0 Å². The van der Waals surface area contributed by atoms with Gasteiger partial charge in [-0.2, -0.15) is 0 Å². The lowest BCUT2D eigenvalue weighted by molar-refractivity contribution is 0.0361. The Bertz CT molecular complexity index is 225. The van der Waals surface area contributed by atoms with Crippen LogP contribution in [0.15, 0.2) is 0 Å². The Hall–Kier alpha value is -0.120. The third-order valence-electron chi connectivity index (χ3n) is 3.84. The van der Waals surface area contributed by atoms with E-state index in [1.165, 1.54) is 32.2 Å². The summed E-state index contributed by atoms with van der Waals surface area (Å²) >= 11 is 0. The standard InChI is InChI=1S/C15H32N2O/c1-6-13-9-7-8-10-17(13)14(12-18-5)11-16-15(2,3)4/h13-14,16H,6-12H2,1-5H3. The highest BCUT2D eigenvalue weighted by Crippen LogP contribution is 2.22. The van der Waals surface area contributed by atoms with Crippen LogP contribution in [0.25, 0.3) is 0 Å². The van der Waals surface area contributed by atoms with Crippen molar-refractivity contribution in [1.82, 2.24) is 10.2 Å². The van der Waals surface area contributed by atoms with E-state index in [-0.39, 0.29) is 5.54 Å². The topological polar surface area (TPSA) is 24.5 Å². The second kappa shape index (κ2) is 7.46. The average Bonchev–Trinajstić information content (AvgIpc) is 2.33. The molecule has 0 aliphatic carbocycles. The van der Waals surface area contributed by atoms with Crippen molar-refractivity contribution in [3.05, 3.63) is 0 Å². The number of nitrogens with zero attached hydrogens (tertiary/aromatic N) is 1. The number of rotatable bonds is 6. The molecule has 1 rings (SSSR count). The normalized spacial score (nSPS) is 24.2. The van der Waals surface area contributed by atoms with Gasteiger partial charge in [0.15, 0.2) is 0 Å². The monoisotopic (exact) mass is 256 g/mol. The van der Waals surface area contributed by atoms with Crippen LogP contribution >= 0.6 is 0 Å². The second-order valence-corrected chi connectivity index (χ2v) is 6.54. The molecule has 0 amide bonds. The molecule has 1 aliphatic heterocycles. The molecule has 3 heteroatoms. The Morgan fingerprint density at radius 2 is 2.06 bits per heavy atom. The molecule has 18 heavy (non-hydrogen) atoms. The summed E-state index contributed by atoms with van der Waals surface area (Å²) in [5.74, 6) is 0. The fraction of sp³-hybridized carbons (Fsp3) is 1.00. The minimum absolute atomic E-state index is 0.184. The molecule has 0 aromatic rings. The summed E-state index contributed by atoms with van der Waals surface area (Å²) in [6, 6.07) is 1.26. The van der Waals surface area contributed by atoms with Crippen LogP contribution in [0.5, 0.6) is 0 Å². The van der Waals surface area contributed by atoms with E-state index in [1.807, 2.05) is 7.11 Å².